The quantitative estimate of drug-likeness (QED) is 0.350. The van der Waals surface area contributed by atoms with E-state index in [0.29, 0.717) is 0 Å². The minimum Gasteiger partial charge on any atom is -0.496 e. The number of aliphatic hydroxyl groups is 1. The van der Waals surface area contributed by atoms with Crippen molar-refractivity contribution < 1.29 is 22.4 Å². The summed E-state index contributed by atoms with van der Waals surface area (Å²) in [5, 5.41) is 8.21. The van der Waals surface area contributed by atoms with E-state index in [4.69, 9.17) is 5.11 Å². The smallest absolute Gasteiger partial charge is 0.305 e. The van der Waals surface area contributed by atoms with Crippen molar-refractivity contribution in [2.24, 2.45) is 0 Å². The van der Waals surface area contributed by atoms with Crippen molar-refractivity contribution in [1.82, 2.24) is 0 Å². The van der Waals surface area contributed by atoms with Gasteiger partial charge in [0.15, 0.2) is 0 Å². The Morgan fingerprint density at radius 1 is 1.45 bits per heavy atom. The molecule has 0 radical (unpaired) electrons. The highest BCUT2D eigenvalue weighted by Gasteiger charge is 1.94. The molecule has 0 amide bonds. The van der Waals surface area contributed by atoms with Gasteiger partial charge in [-0.05, 0) is 0 Å². The Balaban J connectivity index is 3.46. The van der Waals surface area contributed by atoms with Gasteiger partial charge in [0, 0.05) is 0 Å². The molecule has 11 heavy (non-hydrogen) atoms. The number of hydrogen-bond donors (Lipinski definition) is 1. The number of hydrogen-bond acceptors (Lipinski definition) is 5. The lowest BCUT2D eigenvalue weighted by molar-refractivity contribution is 0.162. The van der Waals surface area contributed by atoms with Crippen LogP contribution in [0.25, 0.3) is 0 Å². The van der Waals surface area contributed by atoms with Crippen molar-refractivity contribution in [3.05, 3.63) is 12.5 Å². The summed E-state index contributed by atoms with van der Waals surface area (Å²) in [7, 11) is -3.44. The maximum absolute atomic E-state index is 10.3. The second-order valence-electron chi connectivity index (χ2n) is 1.67. The molecule has 0 aromatic rings. The van der Waals surface area contributed by atoms with Crippen LogP contribution in [0.5, 0.6) is 0 Å². The van der Waals surface area contributed by atoms with Gasteiger partial charge in [0.2, 0.25) is 0 Å². The van der Waals surface area contributed by atoms with Gasteiger partial charge < -0.3 is 14.0 Å². The fourth-order valence-electron chi connectivity index (χ4n) is 0.284. The Morgan fingerprint density at radius 2 is 2.09 bits per heavy atom. The Labute approximate surface area is 65.4 Å². The van der Waals surface area contributed by atoms with E-state index in [0.717, 1.165) is 18.8 Å². The summed E-state index contributed by atoms with van der Waals surface area (Å²) in [5.74, 6) is 0. The molecule has 0 aromatic heterocycles. The zero-order valence-corrected chi connectivity index (χ0v) is 6.87. The molecule has 0 bridgehead atoms. The molecular formula is C5H10O5S. The van der Waals surface area contributed by atoms with Crippen LogP contribution in [0, 0.1) is 0 Å². The first-order valence-corrected chi connectivity index (χ1v) is 4.63. The van der Waals surface area contributed by atoms with Crippen molar-refractivity contribution in [1.29, 1.82) is 0 Å². The van der Waals surface area contributed by atoms with Crippen molar-refractivity contribution in [3.63, 3.8) is 0 Å². The molecule has 0 saturated heterocycles. The van der Waals surface area contributed by atoms with Crippen LogP contribution in [0.15, 0.2) is 12.5 Å². The van der Waals surface area contributed by atoms with Crippen LogP contribution in [0.2, 0.25) is 0 Å². The maximum Gasteiger partial charge on any atom is 0.305 e. The molecule has 0 aliphatic heterocycles. The average Bonchev–Trinajstić information content (AvgIpc) is 1.85. The van der Waals surface area contributed by atoms with E-state index in [1.807, 2.05) is 0 Å². The predicted molar refractivity (Wildman–Crippen MR) is 38.1 cm³/mol. The van der Waals surface area contributed by atoms with Crippen LogP contribution in [-0.2, 0) is 19.0 Å². The van der Waals surface area contributed by atoms with Gasteiger partial charge in [-0.3, -0.25) is 0 Å². The van der Waals surface area contributed by atoms with Crippen LogP contribution >= 0.6 is 0 Å². The Bertz CT molecular complexity index is 205. The highest BCUT2D eigenvalue weighted by molar-refractivity contribution is 7.86. The largest absolute Gasteiger partial charge is 0.496 e. The first kappa shape index (κ1) is 10.2. The highest BCUT2D eigenvalue weighted by atomic mass is 32.2. The van der Waals surface area contributed by atoms with Gasteiger partial charge in [-0.15, -0.1) is 0 Å². The van der Waals surface area contributed by atoms with E-state index in [-0.39, 0.29) is 13.2 Å². The predicted octanol–water partition coefficient (Wildman–Crippen LogP) is -0.557. The summed E-state index contributed by atoms with van der Waals surface area (Å²) in [4.78, 5) is 0. The minimum atomic E-state index is -3.44. The molecule has 5 nitrogen and oxygen atoms in total. The number of ether oxygens (including phenoxy) is 1. The number of aliphatic hydroxyl groups excluding tert-OH is 1. The molecule has 66 valence electrons. The van der Waals surface area contributed by atoms with E-state index in [9.17, 15) is 8.42 Å². The maximum atomic E-state index is 10.3. The standard InChI is InChI=1S/C5H10O5S/c1-11(7,8)10-5-4-9-3-2-6/h4-6H,2-3H2,1H3/b5-4-. The van der Waals surface area contributed by atoms with Crippen LogP contribution in [-0.4, -0.2) is 33.0 Å². The first-order chi connectivity index (χ1) is 5.06. The fourth-order valence-corrected chi connectivity index (χ4v) is 0.531. The van der Waals surface area contributed by atoms with Gasteiger partial charge in [-0.25, -0.2) is 0 Å². The molecule has 0 saturated carbocycles. The van der Waals surface area contributed by atoms with Crippen molar-refractivity contribution in [2.75, 3.05) is 19.5 Å². The lowest BCUT2D eigenvalue weighted by atomic mass is 10.8. The third-order valence-corrected chi connectivity index (χ3v) is 1.05. The molecule has 0 spiro atoms. The van der Waals surface area contributed by atoms with Crippen molar-refractivity contribution in [3.8, 4) is 0 Å². The highest BCUT2D eigenvalue weighted by Crippen LogP contribution is 1.87. The van der Waals surface area contributed by atoms with Gasteiger partial charge >= 0.3 is 10.1 Å². The third-order valence-electron chi connectivity index (χ3n) is 0.591. The summed E-state index contributed by atoms with van der Waals surface area (Å²) < 4.78 is 29.3. The molecule has 0 aliphatic rings. The molecule has 0 atom stereocenters. The Morgan fingerprint density at radius 3 is 2.55 bits per heavy atom. The summed E-state index contributed by atoms with van der Waals surface area (Å²) >= 11 is 0. The monoisotopic (exact) mass is 182 g/mol. The van der Waals surface area contributed by atoms with Gasteiger partial charge in [-0.1, -0.05) is 0 Å². The number of rotatable bonds is 5. The van der Waals surface area contributed by atoms with Gasteiger partial charge in [0.25, 0.3) is 0 Å². The summed E-state index contributed by atoms with van der Waals surface area (Å²) in [6, 6.07) is 0. The molecule has 0 heterocycles. The topological polar surface area (TPSA) is 72.8 Å². The Kier molecular flexibility index (Phi) is 4.64. The summed E-state index contributed by atoms with van der Waals surface area (Å²) in [5.41, 5.74) is 0. The van der Waals surface area contributed by atoms with Crippen molar-refractivity contribution >= 4 is 10.1 Å². The van der Waals surface area contributed by atoms with E-state index >= 15 is 0 Å². The van der Waals surface area contributed by atoms with E-state index < -0.39 is 10.1 Å². The molecule has 0 aromatic carbocycles. The normalized spacial score (nSPS) is 11.8. The van der Waals surface area contributed by atoms with Crippen molar-refractivity contribution in [2.45, 2.75) is 0 Å². The summed E-state index contributed by atoms with van der Waals surface area (Å²) in [6.07, 6.45) is 2.87. The average molecular weight is 182 g/mol. The second-order valence-corrected chi connectivity index (χ2v) is 3.27. The lowest BCUT2D eigenvalue weighted by Crippen LogP contribution is -1.97. The van der Waals surface area contributed by atoms with Gasteiger partial charge in [0.1, 0.15) is 19.1 Å². The lowest BCUT2D eigenvalue weighted by Gasteiger charge is -1.95. The Hall–Kier alpha value is -0.750. The molecule has 0 aliphatic carbocycles. The molecule has 6 heteroatoms. The van der Waals surface area contributed by atoms with Crippen LogP contribution < -0.4 is 0 Å². The SMILES string of the molecule is CS(=O)(=O)O/C=C\OCCO. The van der Waals surface area contributed by atoms with Crippen LogP contribution in [0.3, 0.4) is 0 Å². The third kappa shape index (κ3) is 9.25. The van der Waals surface area contributed by atoms with Crippen LogP contribution in [0.4, 0.5) is 0 Å². The molecule has 0 fully saturated rings. The van der Waals surface area contributed by atoms with Crippen LogP contribution in [0.1, 0.15) is 0 Å². The van der Waals surface area contributed by atoms with E-state index in [2.05, 4.69) is 8.92 Å². The second kappa shape index (κ2) is 4.97. The fraction of sp³-hybridized carbons (Fsp3) is 0.600. The summed E-state index contributed by atoms with van der Waals surface area (Å²) in [6.45, 7) is -0.00711. The van der Waals surface area contributed by atoms with E-state index in [1.54, 1.807) is 0 Å². The minimum absolute atomic E-state index is 0.115. The zero-order valence-electron chi connectivity index (χ0n) is 6.06. The zero-order chi connectivity index (χ0) is 8.74. The molecular weight excluding hydrogens is 172 g/mol. The molecule has 1 N–H and O–H groups in total. The molecule has 0 unspecified atom stereocenters. The van der Waals surface area contributed by atoms with Gasteiger partial charge in [-0.2, -0.15) is 8.42 Å². The first-order valence-electron chi connectivity index (χ1n) is 2.82. The van der Waals surface area contributed by atoms with Gasteiger partial charge in [0.05, 0.1) is 12.9 Å². The molecule has 0 rings (SSSR count). The van der Waals surface area contributed by atoms with E-state index in [1.165, 1.54) is 0 Å².